The molecule has 10 heteroatoms. The number of carbonyl (C=O) groups excluding carboxylic acids is 1. The summed E-state index contributed by atoms with van der Waals surface area (Å²) in [4.78, 5) is 30.9. The monoisotopic (exact) mass is 505 g/mol. The fourth-order valence-electron chi connectivity index (χ4n) is 4.32. The second-order valence-corrected chi connectivity index (χ2v) is 9.34. The Hall–Kier alpha value is -3.69. The van der Waals surface area contributed by atoms with E-state index in [9.17, 15) is 9.59 Å². The Morgan fingerprint density at radius 2 is 1.94 bits per heavy atom. The Kier molecular flexibility index (Phi) is 6.04. The molecule has 0 radical (unpaired) electrons. The number of aryl methyl sites for hydroxylation is 1. The molecule has 0 spiro atoms. The first-order valence-corrected chi connectivity index (χ1v) is 12.3. The number of amides is 1. The van der Waals surface area contributed by atoms with Crippen molar-refractivity contribution in [1.82, 2.24) is 19.9 Å². The number of aromatic amines is 1. The van der Waals surface area contributed by atoms with Crippen molar-refractivity contribution in [2.75, 3.05) is 10.7 Å². The molecule has 1 atom stereocenters. The summed E-state index contributed by atoms with van der Waals surface area (Å²) in [5, 5.41) is 10.2. The smallest absolute Gasteiger partial charge is 0.291 e. The predicted molar refractivity (Wildman–Crippen MR) is 136 cm³/mol. The van der Waals surface area contributed by atoms with Gasteiger partial charge in [-0.1, -0.05) is 59.8 Å². The SMILES string of the molecule is C=CCSc1n[n+]2c(c(=O)[nH]1)-c1ccccc1N(C(C)=O)[C@H]2c1c(C)nn(-c2ccccc2)c1Cl. The molecule has 3 heterocycles. The minimum atomic E-state index is -0.812. The van der Waals surface area contributed by atoms with Gasteiger partial charge in [0.2, 0.25) is 11.1 Å². The molecule has 0 fully saturated rings. The van der Waals surface area contributed by atoms with E-state index < -0.39 is 6.17 Å². The highest BCUT2D eigenvalue weighted by Crippen LogP contribution is 2.40. The molecule has 0 aliphatic carbocycles. The minimum Gasteiger partial charge on any atom is -0.291 e. The van der Waals surface area contributed by atoms with Crippen LogP contribution in [-0.2, 0) is 4.79 Å². The van der Waals surface area contributed by atoms with Gasteiger partial charge in [-0.2, -0.15) is 5.10 Å². The van der Waals surface area contributed by atoms with Crippen molar-refractivity contribution in [2.24, 2.45) is 0 Å². The lowest BCUT2D eigenvalue weighted by atomic mass is 10.0. The van der Waals surface area contributed by atoms with Gasteiger partial charge in [-0.3, -0.25) is 14.6 Å². The zero-order valence-corrected chi connectivity index (χ0v) is 20.7. The number of fused-ring (bicyclic) bond motifs is 3. The van der Waals surface area contributed by atoms with Crippen LogP contribution >= 0.6 is 23.4 Å². The lowest BCUT2D eigenvalue weighted by Crippen LogP contribution is -2.60. The van der Waals surface area contributed by atoms with Crippen molar-refractivity contribution in [2.45, 2.75) is 25.2 Å². The van der Waals surface area contributed by atoms with Gasteiger partial charge in [0, 0.05) is 17.8 Å². The first-order chi connectivity index (χ1) is 16.9. The summed E-state index contributed by atoms with van der Waals surface area (Å²) in [6.45, 7) is 7.06. The second kappa shape index (κ2) is 9.16. The number of hydrogen-bond acceptors (Lipinski definition) is 5. The Morgan fingerprint density at radius 3 is 2.66 bits per heavy atom. The number of nitrogens with one attached hydrogen (secondary N) is 1. The topological polar surface area (TPSA) is 87.8 Å². The maximum atomic E-state index is 13.3. The fourth-order valence-corrected chi connectivity index (χ4v) is 5.28. The number of anilines is 1. The molecule has 0 unspecified atom stereocenters. The number of thioether (sulfide) groups is 1. The third-order valence-corrected chi connectivity index (χ3v) is 6.97. The molecular formula is C25H22ClN6O2S+. The summed E-state index contributed by atoms with van der Waals surface area (Å²) in [6, 6.07) is 16.8. The minimum absolute atomic E-state index is 0.217. The van der Waals surface area contributed by atoms with Crippen LogP contribution in [0.15, 0.2) is 77.2 Å². The lowest BCUT2D eigenvalue weighted by molar-refractivity contribution is -0.763. The molecule has 0 saturated carbocycles. The maximum Gasteiger partial charge on any atom is 0.325 e. The van der Waals surface area contributed by atoms with E-state index >= 15 is 0 Å². The Balaban J connectivity index is 1.82. The highest BCUT2D eigenvalue weighted by molar-refractivity contribution is 7.99. The number of rotatable bonds is 5. The van der Waals surface area contributed by atoms with Crippen molar-refractivity contribution in [1.29, 1.82) is 0 Å². The standard InChI is InChI=1S/C25H21ClN6O2S/c1-4-14-35-25-27-23(34)21-18-12-8-9-13-19(18)30(16(3)33)24(32(21)29-25)20-15(2)28-31(22(20)26)17-10-6-5-7-11-17/h4-13,24H,1,14H2,2-3H3/p+1/t24-/m1/s1. The summed E-state index contributed by atoms with van der Waals surface area (Å²) < 4.78 is 3.21. The van der Waals surface area contributed by atoms with Gasteiger partial charge in [0.05, 0.1) is 22.6 Å². The summed E-state index contributed by atoms with van der Waals surface area (Å²) in [5.41, 5.74) is 3.23. The van der Waals surface area contributed by atoms with Crippen LogP contribution in [0.3, 0.4) is 0 Å². The number of para-hydroxylation sites is 2. The van der Waals surface area contributed by atoms with Crippen LogP contribution in [0.1, 0.15) is 24.3 Å². The molecule has 1 amide bonds. The molecule has 8 nitrogen and oxygen atoms in total. The number of carbonyl (C=O) groups is 1. The normalized spacial score (nSPS) is 14.4. The molecule has 1 N–H and O–H groups in total. The Bertz CT molecular complexity index is 1510. The number of halogens is 1. The molecule has 0 bridgehead atoms. The Labute approximate surface area is 210 Å². The fraction of sp³-hybridized carbons (Fsp3) is 0.160. The van der Waals surface area contributed by atoms with Gasteiger partial charge in [0.15, 0.2) is 0 Å². The molecule has 2 aromatic carbocycles. The summed E-state index contributed by atoms with van der Waals surface area (Å²) in [6.07, 6.45) is 0.918. The van der Waals surface area contributed by atoms with Gasteiger partial charge in [-0.25, -0.2) is 9.58 Å². The van der Waals surface area contributed by atoms with Crippen LogP contribution in [0.2, 0.25) is 5.15 Å². The zero-order chi connectivity index (χ0) is 24.7. The molecule has 0 saturated heterocycles. The molecule has 2 aromatic heterocycles. The summed E-state index contributed by atoms with van der Waals surface area (Å²) in [5.74, 6) is 0.344. The van der Waals surface area contributed by atoms with Gasteiger partial charge in [-0.15, -0.1) is 6.58 Å². The first kappa shape index (κ1) is 23.1. The summed E-state index contributed by atoms with van der Waals surface area (Å²) >= 11 is 8.28. The van der Waals surface area contributed by atoms with Crippen molar-refractivity contribution < 1.29 is 9.48 Å². The van der Waals surface area contributed by atoms with E-state index in [1.165, 1.54) is 18.7 Å². The molecule has 4 aromatic rings. The van der Waals surface area contributed by atoms with Crippen molar-refractivity contribution >= 4 is 35.0 Å². The number of benzene rings is 2. The van der Waals surface area contributed by atoms with E-state index in [2.05, 4.69) is 16.7 Å². The molecular weight excluding hydrogens is 484 g/mol. The van der Waals surface area contributed by atoms with Crippen molar-refractivity contribution in [3.63, 3.8) is 0 Å². The third kappa shape index (κ3) is 3.86. The maximum absolute atomic E-state index is 13.3. The van der Waals surface area contributed by atoms with Crippen molar-refractivity contribution in [3.05, 3.63) is 94.0 Å². The van der Waals surface area contributed by atoms with Crippen LogP contribution < -0.4 is 15.1 Å². The number of aromatic nitrogens is 5. The van der Waals surface area contributed by atoms with Crippen LogP contribution in [0, 0.1) is 6.92 Å². The zero-order valence-electron chi connectivity index (χ0n) is 19.1. The van der Waals surface area contributed by atoms with Gasteiger partial charge in [0.25, 0.3) is 6.17 Å². The molecule has 1 aliphatic heterocycles. The van der Waals surface area contributed by atoms with Gasteiger partial charge >= 0.3 is 11.3 Å². The number of nitrogens with zero attached hydrogens (tertiary/aromatic N) is 5. The quantitative estimate of drug-likeness (QED) is 0.251. The van der Waals surface area contributed by atoms with E-state index in [4.69, 9.17) is 16.7 Å². The van der Waals surface area contributed by atoms with E-state index in [1.54, 1.807) is 20.3 Å². The highest BCUT2D eigenvalue weighted by atomic mass is 35.5. The molecule has 5 rings (SSSR count). The van der Waals surface area contributed by atoms with E-state index in [0.717, 1.165) is 5.69 Å². The molecule has 176 valence electrons. The second-order valence-electron chi connectivity index (χ2n) is 7.97. The van der Waals surface area contributed by atoms with Gasteiger partial charge in [-0.05, 0) is 35.9 Å². The van der Waals surface area contributed by atoms with Crippen LogP contribution in [0.25, 0.3) is 16.9 Å². The highest BCUT2D eigenvalue weighted by Gasteiger charge is 2.47. The van der Waals surface area contributed by atoms with E-state index in [1.807, 2.05) is 61.5 Å². The lowest BCUT2D eigenvalue weighted by Gasteiger charge is -2.31. The summed E-state index contributed by atoms with van der Waals surface area (Å²) in [7, 11) is 0. The predicted octanol–water partition coefficient (Wildman–Crippen LogP) is 4.06. The average Bonchev–Trinajstić information content (AvgIpc) is 3.15. The number of hydrogen-bond donors (Lipinski definition) is 1. The van der Waals surface area contributed by atoms with Gasteiger partial charge in [0.1, 0.15) is 10.7 Å². The third-order valence-electron chi connectivity index (χ3n) is 5.74. The van der Waals surface area contributed by atoms with Crippen LogP contribution in [0.4, 0.5) is 5.69 Å². The Morgan fingerprint density at radius 1 is 1.23 bits per heavy atom. The first-order valence-electron chi connectivity index (χ1n) is 10.9. The largest absolute Gasteiger partial charge is 0.325 e. The van der Waals surface area contributed by atoms with Crippen LogP contribution in [-0.4, -0.2) is 31.5 Å². The van der Waals surface area contributed by atoms with E-state index in [0.29, 0.717) is 44.3 Å². The average molecular weight is 506 g/mol. The van der Waals surface area contributed by atoms with Gasteiger partial charge < -0.3 is 0 Å². The van der Waals surface area contributed by atoms with Crippen LogP contribution in [0.5, 0.6) is 0 Å². The molecule has 1 aliphatic rings. The van der Waals surface area contributed by atoms with E-state index in [-0.39, 0.29) is 11.5 Å². The molecule has 35 heavy (non-hydrogen) atoms. The van der Waals surface area contributed by atoms with Crippen molar-refractivity contribution in [3.8, 4) is 16.9 Å². The number of H-pyrrole nitrogens is 1.